The van der Waals surface area contributed by atoms with Crippen molar-refractivity contribution in [3.63, 3.8) is 0 Å². The Kier molecular flexibility index (Phi) is 5.92. The summed E-state index contributed by atoms with van der Waals surface area (Å²) in [5, 5.41) is 3.72. The van der Waals surface area contributed by atoms with E-state index in [0.29, 0.717) is 17.6 Å². The van der Waals surface area contributed by atoms with E-state index in [9.17, 15) is 0 Å². The first-order chi connectivity index (χ1) is 9.50. The first-order valence-corrected chi connectivity index (χ1v) is 8.85. The van der Waals surface area contributed by atoms with E-state index >= 15 is 0 Å². The Morgan fingerprint density at radius 3 is 2.45 bits per heavy atom. The average Bonchev–Trinajstić information content (AvgIpc) is 3.20. The Hall–Kier alpha value is -0.0800. The molecular formula is C18H35NO. The molecule has 118 valence electrons. The quantitative estimate of drug-likeness (QED) is 0.747. The lowest BCUT2D eigenvalue weighted by atomic mass is 9.70. The van der Waals surface area contributed by atoms with E-state index in [1.54, 1.807) is 0 Å². The zero-order valence-electron chi connectivity index (χ0n) is 14.1. The highest BCUT2D eigenvalue weighted by atomic mass is 16.5. The molecule has 0 radical (unpaired) electrons. The molecule has 2 heteroatoms. The minimum atomic E-state index is 0.424. The van der Waals surface area contributed by atoms with Crippen LogP contribution >= 0.6 is 0 Å². The molecule has 1 N–H and O–H groups in total. The SMILES string of the molecule is CCCNC1CCC(C(C)(C)C)CC1OCCC1CC1. The molecule has 3 unspecified atom stereocenters. The van der Waals surface area contributed by atoms with Gasteiger partial charge in [0, 0.05) is 12.6 Å². The maximum Gasteiger partial charge on any atom is 0.0730 e. The predicted molar refractivity (Wildman–Crippen MR) is 86.0 cm³/mol. The van der Waals surface area contributed by atoms with Crippen LogP contribution in [0.1, 0.15) is 72.6 Å². The number of nitrogens with one attached hydrogen (secondary N) is 1. The van der Waals surface area contributed by atoms with Crippen LogP contribution in [0.3, 0.4) is 0 Å². The van der Waals surface area contributed by atoms with Crippen molar-refractivity contribution >= 4 is 0 Å². The number of ether oxygens (including phenoxy) is 1. The molecule has 2 fully saturated rings. The lowest BCUT2D eigenvalue weighted by Gasteiger charge is -2.42. The van der Waals surface area contributed by atoms with Gasteiger partial charge in [0.25, 0.3) is 0 Å². The van der Waals surface area contributed by atoms with E-state index < -0.39 is 0 Å². The first-order valence-electron chi connectivity index (χ1n) is 8.85. The van der Waals surface area contributed by atoms with Crippen LogP contribution in [-0.2, 0) is 4.74 Å². The van der Waals surface area contributed by atoms with Crippen molar-refractivity contribution in [1.82, 2.24) is 5.32 Å². The fourth-order valence-electron chi connectivity index (χ4n) is 3.46. The summed E-state index contributed by atoms with van der Waals surface area (Å²) in [7, 11) is 0. The normalized spacial score (nSPS) is 31.5. The second-order valence-electron chi connectivity index (χ2n) is 8.08. The van der Waals surface area contributed by atoms with Gasteiger partial charge in [-0.2, -0.15) is 0 Å². The number of rotatable bonds is 7. The van der Waals surface area contributed by atoms with Crippen LogP contribution < -0.4 is 5.32 Å². The van der Waals surface area contributed by atoms with E-state index in [0.717, 1.165) is 25.0 Å². The molecule has 0 aromatic rings. The Balaban J connectivity index is 1.83. The van der Waals surface area contributed by atoms with Crippen molar-refractivity contribution in [1.29, 1.82) is 0 Å². The summed E-state index contributed by atoms with van der Waals surface area (Å²) in [6, 6.07) is 0.591. The molecule has 20 heavy (non-hydrogen) atoms. The highest BCUT2D eigenvalue weighted by Gasteiger charge is 2.36. The van der Waals surface area contributed by atoms with Gasteiger partial charge in [-0.05, 0) is 55.9 Å². The fourth-order valence-corrected chi connectivity index (χ4v) is 3.46. The number of hydrogen-bond donors (Lipinski definition) is 1. The van der Waals surface area contributed by atoms with Gasteiger partial charge in [-0.15, -0.1) is 0 Å². The standard InChI is InChI=1S/C18H35NO/c1-5-11-19-16-9-8-15(18(2,3)4)13-17(16)20-12-10-14-6-7-14/h14-17,19H,5-13H2,1-4H3. The van der Waals surface area contributed by atoms with Gasteiger partial charge in [-0.25, -0.2) is 0 Å². The summed E-state index contributed by atoms with van der Waals surface area (Å²) in [4.78, 5) is 0. The Labute approximate surface area is 126 Å². The highest BCUT2D eigenvalue weighted by molar-refractivity contribution is 4.90. The summed E-state index contributed by atoms with van der Waals surface area (Å²) >= 11 is 0. The number of hydrogen-bond acceptors (Lipinski definition) is 2. The fraction of sp³-hybridized carbons (Fsp3) is 1.00. The molecule has 2 rings (SSSR count). The Bertz CT molecular complexity index is 280. The minimum absolute atomic E-state index is 0.424. The minimum Gasteiger partial charge on any atom is -0.377 e. The Morgan fingerprint density at radius 1 is 1.10 bits per heavy atom. The molecule has 0 saturated heterocycles. The molecule has 0 aromatic heterocycles. The van der Waals surface area contributed by atoms with E-state index in [4.69, 9.17) is 4.74 Å². The van der Waals surface area contributed by atoms with Gasteiger partial charge < -0.3 is 10.1 Å². The van der Waals surface area contributed by atoms with Crippen LogP contribution in [0.2, 0.25) is 0 Å². The molecule has 2 nitrogen and oxygen atoms in total. The van der Waals surface area contributed by atoms with Crippen molar-refractivity contribution in [2.45, 2.75) is 84.8 Å². The lowest BCUT2D eigenvalue weighted by Crippen LogP contribution is -2.47. The van der Waals surface area contributed by atoms with E-state index in [1.165, 1.54) is 44.9 Å². The largest absolute Gasteiger partial charge is 0.377 e. The van der Waals surface area contributed by atoms with Crippen molar-refractivity contribution in [3.8, 4) is 0 Å². The average molecular weight is 281 g/mol. The highest BCUT2D eigenvalue weighted by Crippen LogP contribution is 2.39. The zero-order valence-corrected chi connectivity index (χ0v) is 14.1. The van der Waals surface area contributed by atoms with Crippen LogP contribution in [0.5, 0.6) is 0 Å². The van der Waals surface area contributed by atoms with Gasteiger partial charge in [0.2, 0.25) is 0 Å². The third kappa shape index (κ3) is 5.04. The smallest absolute Gasteiger partial charge is 0.0730 e. The van der Waals surface area contributed by atoms with Gasteiger partial charge in [-0.3, -0.25) is 0 Å². The topological polar surface area (TPSA) is 21.3 Å². The van der Waals surface area contributed by atoms with Crippen molar-refractivity contribution < 1.29 is 4.74 Å². The van der Waals surface area contributed by atoms with Gasteiger partial charge in [-0.1, -0.05) is 40.5 Å². The molecule has 2 saturated carbocycles. The monoisotopic (exact) mass is 281 g/mol. The zero-order chi connectivity index (χ0) is 14.6. The van der Waals surface area contributed by atoms with Crippen LogP contribution in [-0.4, -0.2) is 25.3 Å². The summed E-state index contributed by atoms with van der Waals surface area (Å²) in [5.74, 6) is 1.80. The molecule has 0 heterocycles. The Morgan fingerprint density at radius 2 is 1.85 bits per heavy atom. The van der Waals surface area contributed by atoms with Crippen LogP contribution in [0.25, 0.3) is 0 Å². The van der Waals surface area contributed by atoms with E-state index in [2.05, 4.69) is 33.0 Å². The van der Waals surface area contributed by atoms with Crippen LogP contribution in [0, 0.1) is 17.3 Å². The first kappa shape index (κ1) is 16.3. The summed E-state index contributed by atoms with van der Waals surface area (Å²) in [5.41, 5.74) is 0.424. The summed E-state index contributed by atoms with van der Waals surface area (Å²) in [6.45, 7) is 11.5. The lowest BCUT2D eigenvalue weighted by molar-refractivity contribution is -0.0296. The van der Waals surface area contributed by atoms with Crippen molar-refractivity contribution in [2.75, 3.05) is 13.2 Å². The molecule has 2 aliphatic rings. The van der Waals surface area contributed by atoms with Gasteiger partial charge in [0.1, 0.15) is 0 Å². The second kappa shape index (κ2) is 7.26. The van der Waals surface area contributed by atoms with Crippen LogP contribution in [0.15, 0.2) is 0 Å². The second-order valence-corrected chi connectivity index (χ2v) is 8.08. The summed E-state index contributed by atoms with van der Waals surface area (Å²) < 4.78 is 6.31. The molecule has 0 aliphatic heterocycles. The predicted octanol–water partition coefficient (Wildman–Crippen LogP) is 4.39. The van der Waals surface area contributed by atoms with E-state index in [1.807, 2.05) is 0 Å². The molecule has 3 atom stereocenters. The third-order valence-electron chi connectivity index (χ3n) is 5.23. The molecule has 2 aliphatic carbocycles. The van der Waals surface area contributed by atoms with Gasteiger partial charge >= 0.3 is 0 Å². The third-order valence-corrected chi connectivity index (χ3v) is 5.23. The van der Waals surface area contributed by atoms with Gasteiger partial charge in [0.05, 0.1) is 6.10 Å². The molecular weight excluding hydrogens is 246 g/mol. The molecule has 0 amide bonds. The summed E-state index contributed by atoms with van der Waals surface area (Å²) in [6.07, 6.45) is 9.72. The van der Waals surface area contributed by atoms with E-state index in [-0.39, 0.29) is 0 Å². The maximum absolute atomic E-state index is 6.31. The van der Waals surface area contributed by atoms with Gasteiger partial charge in [0.15, 0.2) is 0 Å². The van der Waals surface area contributed by atoms with Crippen molar-refractivity contribution in [2.24, 2.45) is 17.3 Å². The van der Waals surface area contributed by atoms with Crippen molar-refractivity contribution in [3.05, 3.63) is 0 Å². The molecule has 0 bridgehead atoms. The maximum atomic E-state index is 6.31. The van der Waals surface area contributed by atoms with Crippen LogP contribution in [0.4, 0.5) is 0 Å². The molecule has 0 aromatic carbocycles. The molecule has 0 spiro atoms.